The molecule has 0 bridgehead atoms. The lowest BCUT2D eigenvalue weighted by Gasteiger charge is -2.30. The van der Waals surface area contributed by atoms with Gasteiger partial charge in [0.05, 0.1) is 11.5 Å². The Hall–Kier alpha value is -4.34. The highest BCUT2D eigenvalue weighted by Gasteiger charge is 2.27. The molecule has 0 spiro atoms. The first-order valence-electron chi connectivity index (χ1n) is 11.9. The number of nitro benzene ring substituents is 1. The third-order valence-electron chi connectivity index (χ3n) is 6.15. The maximum Gasteiger partial charge on any atom is 0.273 e. The second-order valence-corrected chi connectivity index (χ2v) is 9.23. The third kappa shape index (κ3) is 5.91. The summed E-state index contributed by atoms with van der Waals surface area (Å²) in [6.07, 6.45) is 0. The van der Waals surface area contributed by atoms with Crippen molar-refractivity contribution in [2.45, 2.75) is 46.8 Å². The number of fused-ring (bicyclic) bond motifs is 1. The van der Waals surface area contributed by atoms with Gasteiger partial charge in [-0.15, -0.1) is 0 Å². The van der Waals surface area contributed by atoms with Gasteiger partial charge < -0.3 is 23.7 Å². The third-order valence-corrected chi connectivity index (χ3v) is 6.15. The zero-order chi connectivity index (χ0) is 26.7. The van der Waals surface area contributed by atoms with Crippen LogP contribution in [-0.2, 0) is 17.9 Å². The normalized spacial score (nSPS) is 12.0. The fourth-order valence-electron chi connectivity index (χ4n) is 4.09. The Kier molecular flexibility index (Phi) is 7.47. The number of nitrogens with zero attached hydrogens (tertiary/aromatic N) is 3. The van der Waals surface area contributed by atoms with Gasteiger partial charge in [-0.25, -0.2) is 0 Å². The molecule has 194 valence electrons. The number of carbonyl (C=O) groups is 2. The van der Waals surface area contributed by atoms with Crippen LogP contribution >= 0.6 is 0 Å². The average Bonchev–Trinajstić information content (AvgIpc) is 3.49. The lowest BCUT2D eigenvalue weighted by atomic mass is 10.1. The van der Waals surface area contributed by atoms with Gasteiger partial charge >= 0.3 is 0 Å². The van der Waals surface area contributed by atoms with E-state index in [1.165, 1.54) is 17.0 Å². The number of amides is 2. The number of benzene rings is 2. The summed E-state index contributed by atoms with van der Waals surface area (Å²) in [7, 11) is 0. The minimum absolute atomic E-state index is 0.140. The number of hydrogen-bond donors (Lipinski definition) is 0. The minimum Gasteiger partial charge on any atom is -0.464 e. The summed E-state index contributed by atoms with van der Waals surface area (Å²) in [4.78, 5) is 40.8. The van der Waals surface area contributed by atoms with Crippen molar-refractivity contribution in [1.82, 2.24) is 9.80 Å². The van der Waals surface area contributed by atoms with Gasteiger partial charge in [0.15, 0.2) is 11.5 Å². The van der Waals surface area contributed by atoms with Gasteiger partial charge in [-0.1, -0.05) is 12.1 Å². The molecule has 1 aliphatic rings. The molecule has 2 amide bonds. The quantitative estimate of drug-likeness (QED) is 0.307. The molecule has 1 aromatic heterocycles. The first kappa shape index (κ1) is 25.7. The number of rotatable bonds is 9. The summed E-state index contributed by atoms with van der Waals surface area (Å²) in [6, 6.07) is 13.1. The average molecular weight is 508 g/mol. The lowest BCUT2D eigenvalue weighted by Crippen LogP contribution is -2.45. The number of nitro groups is 1. The predicted molar refractivity (Wildman–Crippen MR) is 134 cm³/mol. The van der Waals surface area contributed by atoms with E-state index in [2.05, 4.69) is 0 Å². The van der Waals surface area contributed by atoms with Gasteiger partial charge in [0.1, 0.15) is 18.1 Å². The summed E-state index contributed by atoms with van der Waals surface area (Å²) in [5.74, 6) is 1.85. The molecule has 0 N–H and O–H groups in total. The zero-order valence-electron chi connectivity index (χ0n) is 21.2. The Morgan fingerprint density at radius 2 is 1.76 bits per heavy atom. The first-order valence-corrected chi connectivity index (χ1v) is 11.9. The van der Waals surface area contributed by atoms with Gasteiger partial charge in [-0.3, -0.25) is 19.7 Å². The summed E-state index contributed by atoms with van der Waals surface area (Å²) in [6.45, 7) is 7.44. The van der Waals surface area contributed by atoms with E-state index < -0.39 is 10.8 Å². The minimum atomic E-state index is -0.518. The van der Waals surface area contributed by atoms with Gasteiger partial charge in [-0.05, 0) is 63.6 Å². The van der Waals surface area contributed by atoms with Crippen LogP contribution in [0, 0.1) is 24.0 Å². The monoisotopic (exact) mass is 507 g/mol. The largest absolute Gasteiger partial charge is 0.464 e. The molecule has 3 aromatic rings. The highest BCUT2D eigenvalue weighted by molar-refractivity contribution is 5.97. The van der Waals surface area contributed by atoms with Gasteiger partial charge in [0, 0.05) is 29.8 Å². The smallest absolute Gasteiger partial charge is 0.273 e. The van der Waals surface area contributed by atoms with Crippen molar-refractivity contribution in [3.05, 3.63) is 86.9 Å². The fraction of sp³-hybridized carbons (Fsp3) is 0.333. The van der Waals surface area contributed by atoms with Crippen molar-refractivity contribution in [1.29, 1.82) is 0 Å². The van der Waals surface area contributed by atoms with E-state index in [1.54, 1.807) is 37.8 Å². The van der Waals surface area contributed by atoms with E-state index in [0.717, 1.165) is 11.3 Å². The fourth-order valence-corrected chi connectivity index (χ4v) is 4.09. The molecule has 10 nitrogen and oxygen atoms in total. The van der Waals surface area contributed by atoms with E-state index >= 15 is 0 Å². The van der Waals surface area contributed by atoms with E-state index in [-0.39, 0.29) is 49.6 Å². The number of hydrogen-bond acceptors (Lipinski definition) is 7. The molecule has 2 heterocycles. The summed E-state index contributed by atoms with van der Waals surface area (Å²) >= 11 is 0. The molecule has 0 unspecified atom stereocenters. The van der Waals surface area contributed by atoms with E-state index in [0.29, 0.717) is 22.8 Å². The van der Waals surface area contributed by atoms with Crippen LogP contribution < -0.4 is 9.47 Å². The Bertz CT molecular complexity index is 1330. The number of ether oxygens (including phenoxy) is 2. The summed E-state index contributed by atoms with van der Waals surface area (Å²) < 4.78 is 16.6. The Morgan fingerprint density at radius 3 is 2.43 bits per heavy atom. The topological polar surface area (TPSA) is 115 Å². The molecule has 10 heteroatoms. The zero-order valence-corrected chi connectivity index (χ0v) is 21.2. The SMILES string of the molecule is Cc1ccc(CN(Cc2ccc3c(c2)OCO3)C(=O)CN(C(=O)c2ccc(C)c([N+](=O)[O-])c2)C(C)C)o1. The molecule has 37 heavy (non-hydrogen) atoms. The molecule has 1 aliphatic heterocycles. The maximum atomic E-state index is 13.6. The summed E-state index contributed by atoms with van der Waals surface area (Å²) in [5.41, 5.74) is 1.30. The lowest BCUT2D eigenvalue weighted by molar-refractivity contribution is -0.385. The van der Waals surface area contributed by atoms with Crippen LogP contribution in [-0.4, -0.2) is 45.9 Å². The molecule has 0 saturated heterocycles. The number of aryl methyl sites for hydroxylation is 2. The molecule has 0 fully saturated rings. The van der Waals surface area contributed by atoms with Crippen LogP contribution in [0.2, 0.25) is 0 Å². The van der Waals surface area contributed by atoms with Gasteiger partial charge in [0.2, 0.25) is 12.7 Å². The summed E-state index contributed by atoms with van der Waals surface area (Å²) in [5, 5.41) is 11.4. The van der Waals surface area contributed by atoms with Crippen molar-refractivity contribution in [3.63, 3.8) is 0 Å². The van der Waals surface area contributed by atoms with E-state index in [1.807, 2.05) is 31.2 Å². The van der Waals surface area contributed by atoms with E-state index in [9.17, 15) is 19.7 Å². The van der Waals surface area contributed by atoms with Crippen LogP contribution in [0.15, 0.2) is 52.9 Å². The number of carbonyl (C=O) groups excluding carboxylic acids is 2. The second-order valence-electron chi connectivity index (χ2n) is 9.23. The van der Waals surface area contributed by atoms with Crippen molar-refractivity contribution < 1.29 is 28.4 Å². The van der Waals surface area contributed by atoms with Crippen molar-refractivity contribution in [2.75, 3.05) is 13.3 Å². The molecule has 0 aliphatic carbocycles. The molecular formula is C27H29N3O7. The Morgan fingerprint density at radius 1 is 1.00 bits per heavy atom. The molecule has 4 rings (SSSR count). The highest BCUT2D eigenvalue weighted by atomic mass is 16.7. The molecule has 0 saturated carbocycles. The number of furan rings is 1. The van der Waals surface area contributed by atoms with Crippen LogP contribution in [0.3, 0.4) is 0 Å². The molecule has 2 aromatic carbocycles. The van der Waals surface area contributed by atoms with Gasteiger partial charge in [0.25, 0.3) is 11.6 Å². The van der Waals surface area contributed by atoms with Crippen LogP contribution in [0.5, 0.6) is 11.5 Å². The van der Waals surface area contributed by atoms with E-state index in [4.69, 9.17) is 13.9 Å². The van der Waals surface area contributed by atoms with Gasteiger partial charge in [-0.2, -0.15) is 0 Å². The van der Waals surface area contributed by atoms with Crippen LogP contribution in [0.4, 0.5) is 5.69 Å². The van der Waals surface area contributed by atoms with Crippen LogP contribution in [0.25, 0.3) is 0 Å². The molecular weight excluding hydrogens is 478 g/mol. The van der Waals surface area contributed by atoms with Crippen molar-refractivity contribution >= 4 is 17.5 Å². The highest BCUT2D eigenvalue weighted by Crippen LogP contribution is 2.33. The molecule has 0 radical (unpaired) electrons. The second kappa shape index (κ2) is 10.7. The van der Waals surface area contributed by atoms with Crippen molar-refractivity contribution in [2.24, 2.45) is 0 Å². The molecule has 0 atom stereocenters. The Labute approximate surface area is 214 Å². The van der Waals surface area contributed by atoms with Crippen LogP contribution in [0.1, 0.15) is 46.9 Å². The Balaban J connectivity index is 1.58. The van der Waals surface area contributed by atoms with Crippen molar-refractivity contribution in [3.8, 4) is 11.5 Å². The predicted octanol–water partition coefficient (Wildman–Crippen LogP) is 4.61. The standard InChI is InChI=1S/C27H29N3O7/c1-17(2)29(27(32)21-8-5-18(3)23(12-21)30(33)34)15-26(31)28(14-22-9-6-19(4)37-22)13-20-7-10-24-25(11-20)36-16-35-24/h5-12,17H,13-16H2,1-4H3. The maximum absolute atomic E-state index is 13.6. The first-order chi connectivity index (χ1) is 17.6.